The summed E-state index contributed by atoms with van der Waals surface area (Å²) in [6.07, 6.45) is 7.11. The maximum Gasteiger partial charge on any atom is 0.336 e. The van der Waals surface area contributed by atoms with E-state index in [4.69, 9.17) is 4.74 Å². The van der Waals surface area contributed by atoms with Gasteiger partial charge < -0.3 is 10.1 Å². The Hall–Kier alpha value is -2.40. The number of allylic oxidation sites excluding steroid dienone is 2. The molecule has 0 spiro atoms. The third kappa shape index (κ3) is 4.61. The predicted molar refractivity (Wildman–Crippen MR) is 103 cm³/mol. The first-order valence-corrected chi connectivity index (χ1v) is 9.27. The van der Waals surface area contributed by atoms with Crippen molar-refractivity contribution in [1.82, 2.24) is 10.2 Å². The molecule has 0 unspecified atom stereocenters. The van der Waals surface area contributed by atoms with Gasteiger partial charge in [-0.15, -0.1) is 0 Å². The summed E-state index contributed by atoms with van der Waals surface area (Å²) in [5, 5.41) is 2.93. The van der Waals surface area contributed by atoms with Crippen LogP contribution in [0.1, 0.15) is 39.1 Å². The average molecular weight is 356 g/mol. The molecule has 26 heavy (non-hydrogen) atoms. The van der Waals surface area contributed by atoms with Crippen LogP contribution in [0.2, 0.25) is 0 Å². The SMILES string of the molecule is COC(=O)C1=C(NC(=O)CN2CCCCCC2)C=C(c2ccccc2)C1.[HH]. The lowest BCUT2D eigenvalue weighted by Crippen LogP contribution is -2.37. The molecule has 1 aromatic carbocycles. The fourth-order valence-electron chi connectivity index (χ4n) is 3.54. The molecule has 0 atom stereocenters. The van der Waals surface area contributed by atoms with Crippen LogP contribution in [0.25, 0.3) is 5.57 Å². The molecule has 140 valence electrons. The number of hydrogen-bond acceptors (Lipinski definition) is 4. The molecular weight excluding hydrogens is 328 g/mol. The van der Waals surface area contributed by atoms with Crippen molar-refractivity contribution in [2.45, 2.75) is 32.1 Å². The Labute approximate surface area is 156 Å². The number of benzene rings is 1. The Morgan fingerprint density at radius 3 is 2.46 bits per heavy atom. The number of likely N-dealkylation sites (tertiary alicyclic amines) is 1. The zero-order chi connectivity index (χ0) is 18.4. The fourth-order valence-corrected chi connectivity index (χ4v) is 3.54. The summed E-state index contributed by atoms with van der Waals surface area (Å²) in [6.45, 7) is 2.29. The minimum absolute atomic E-state index is 0. The van der Waals surface area contributed by atoms with Crippen molar-refractivity contribution in [3.05, 3.63) is 53.2 Å². The standard InChI is InChI=1S/C21H26N2O3.H2/c1-26-21(25)18-13-17(16-9-5-4-6-10-16)14-19(18)22-20(24)15-23-11-7-2-3-8-12-23;/h4-6,9-10,14H,2-3,7-8,11-13,15H2,1H3,(H,22,24);1H. The van der Waals surface area contributed by atoms with Gasteiger partial charge >= 0.3 is 5.97 Å². The Balaban J connectivity index is 0.00000261. The van der Waals surface area contributed by atoms with E-state index in [0.29, 0.717) is 24.2 Å². The van der Waals surface area contributed by atoms with Gasteiger partial charge in [-0.1, -0.05) is 43.2 Å². The zero-order valence-electron chi connectivity index (χ0n) is 15.3. The second-order valence-corrected chi connectivity index (χ2v) is 6.83. The van der Waals surface area contributed by atoms with E-state index in [2.05, 4.69) is 10.2 Å². The number of ether oxygens (including phenoxy) is 1. The second-order valence-electron chi connectivity index (χ2n) is 6.83. The summed E-state index contributed by atoms with van der Waals surface area (Å²) >= 11 is 0. The molecular formula is C21H28N2O3. The minimum atomic E-state index is -0.391. The van der Waals surface area contributed by atoms with Gasteiger partial charge in [-0.2, -0.15) is 0 Å². The highest BCUT2D eigenvalue weighted by atomic mass is 16.5. The molecule has 2 aliphatic rings. The van der Waals surface area contributed by atoms with Crippen LogP contribution < -0.4 is 5.32 Å². The zero-order valence-corrected chi connectivity index (χ0v) is 15.3. The predicted octanol–water partition coefficient (Wildman–Crippen LogP) is 3.14. The van der Waals surface area contributed by atoms with E-state index in [0.717, 1.165) is 37.1 Å². The van der Waals surface area contributed by atoms with Crippen LogP contribution in [-0.2, 0) is 14.3 Å². The molecule has 1 aliphatic heterocycles. The van der Waals surface area contributed by atoms with E-state index in [9.17, 15) is 9.59 Å². The molecule has 1 N–H and O–H groups in total. The normalized spacial score (nSPS) is 18.3. The van der Waals surface area contributed by atoms with E-state index in [1.165, 1.54) is 20.0 Å². The number of carbonyl (C=O) groups excluding carboxylic acids is 2. The van der Waals surface area contributed by atoms with Crippen LogP contribution in [0.3, 0.4) is 0 Å². The lowest BCUT2D eigenvalue weighted by atomic mass is 10.0. The van der Waals surface area contributed by atoms with Gasteiger partial charge in [-0.05, 0) is 43.1 Å². The molecule has 5 heteroatoms. The summed E-state index contributed by atoms with van der Waals surface area (Å²) in [5.74, 6) is -0.467. The summed E-state index contributed by atoms with van der Waals surface area (Å²) < 4.78 is 4.90. The number of esters is 1. The molecule has 5 nitrogen and oxygen atoms in total. The third-order valence-electron chi connectivity index (χ3n) is 4.93. The number of hydrogen-bond donors (Lipinski definition) is 1. The van der Waals surface area contributed by atoms with Gasteiger partial charge in [0.25, 0.3) is 0 Å². The quantitative estimate of drug-likeness (QED) is 0.824. The Kier molecular flexibility index (Phi) is 6.23. The van der Waals surface area contributed by atoms with Crippen LogP contribution in [0, 0.1) is 0 Å². The highest BCUT2D eigenvalue weighted by molar-refractivity contribution is 5.97. The highest BCUT2D eigenvalue weighted by Crippen LogP contribution is 2.32. The molecule has 3 rings (SSSR count). The van der Waals surface area contributed by atoms with Gasteiger partial charge in [0, 0.05) is 7.85 Å². The highest BCUT2D eigenvalue weighted by Gasteiger charge is 2.25. The molecule has 1 aromatic rings. The van der Waals surface area contributed by atoms with Crippen molar-refractivity contribution >= 4 is 17.4 Å². The maximum absolute atomic E-state index is 12.5. The number of nitrogens with one attached hydrogen (secondary N) is 1. The second kappa shape index (κ2) is 8.81. The molecule has 0 aromatic heterocycles. The monoisotopic (exact) mass is 356 g/mol. The lowest BCUT2D eigenvalue weighted by molar-refractivity contribution is -0.136. The van der Waals surface area contributed by atoms with Crippen LogP contribution in [0.4, 0.5) is 0 Å². The fraction of sp³-hybridized carbons (Fsp3) is 0.429. The van der Waals surface area contributed by atoms with E-state index < -0.39 is 5.97 Å². The number of methoxy groups -OCH3 is 1. The molecule has 0 saturated carbocycles. The minimum Gasteiger partial charge on any atom is -0.466 e. The number of carbonyl (C=O) groups is 2. The van der Waals surface area contributed by atoms with Crippen molar-refractivity contribution in [3.8, 4) is 0 Å². The molecule has 1 saturated heterocycles. The van der Waals surface area contributed by atoms with Crippen LogP contribution >= 0.6 is 0 Å². The van der Waals surface area contributed by atoms with E-state index in [-0.39, 0.29) is 7.33 Å². The lowest BCUT2D eigenvalue weighted by Gasteiger charge is -2.19. The average Bonchev–Trinajstić information content (AvgIpc) is 2.90. The van der Waals surface area contributed by atoms with Gasteiger partial charge in [0.05, 0.1) is 24.9 Å². The van der Waals surface area contributed by atoms with Crippen LogP contribution in [0.15, 0.2) is 47.7 Å². The third-order valence-corrected chi connectivity index (χ3v) is 4.93. The van der Waals surface area contributed by atoms with Gasteiger partial charge in [0.15, 0.2) is 0 Å². The summed E-state index contributed by atoms with van der Waals surface area (Å²) in [5.41, 5.74) is 3.13. The number of rotatable bonds is 5. The summed E-state index contributed by atoms with van der Waals surface area (Å²) in [6, 6.07) is 9.89. The number of amides is 1. The summed E-state index contributed by atoms with van der Waals surface area (Å²) in [7, 11) is 1.37. The first kappa shape index (κ1) is 18.4. The van der Waals surface area contributed by atoms with E-state index in [1.54, 1.807) is 0 Å². The number of nitrogens with zero attached hydrogens (tertiary/aromatic N) is 1. The molecule has 1 aliphatic carbocycles. The van der Waals surface area contributed by atoms with Gasteiger partial charge in [-0.25, -0.2) is 4.79 Å². The molecule has 0 bridgehead atoms. The van der Waals surface area contributed by atoms with E-state index >= 15 is 0 Å². The first-order chi connectivity index (χ1) is 12.7. The molecule has 0 radical (unpaired) electrons. The van der Waals surface area contributed by atoms with Crippen molar-refractivity contribution < 1.29 is 15.8 Å². The molecule has 1 heterocycles. The Morgan fingerprint density at radius 1 is 1.12 bits per heavy atom. The van der Waals surface area contributed by atoms with Gasteiger partial charge in [0.2, 0.25) is 5.91 Å². The largest absolute Gasteiger partial charge is 0.466 e. The maximum atomic E-state index is 12.5. The van der Waals surface area contributed by atoms with Crippen molar-refractivity contribution in [3.63, 3.8) is 0 Å². The summed E-state index contributed by atoms with van der Waals surface area (Å²) in [4.78, 5) is 26.8. The van der Waals surface area contributed by atoms with Crippen molar-refractivity contribution in [1.29, 1.82) is 0 Å². The smallest absolute Gasteiger partial charge is 0.336 e. The van der Waals surface area contributed by atoms with Gasteiger partial charge in [-0.3, -0.25) is 9.69 Å². The van der Waals surface area contributed by atoms with Crippen LogP contribution in [-0.4, -0.2) is 43.5 Å². The van der Waals surface area contributed by atoms with Crippen molar-refractivity contribution in [2.24, 2.45) is 0 Å². The Bertz CT molecular complexity index is 720. The van der Waals surface area contributed by atoms with Crippen molar-refractivity contribution in [2.75, 3.05) is 26.7 Å². The molecule has 1 amide bonds. The Morgan fingerprint density at radius 2 is 1.81 bits per heavy atom. The van der Waals surface area contributed by atoms with E-state index in [1.807, 2.05) is 36.4 Å². The topological polar surface area (TPSA) is 58.6 Å². The molecule has 1 fully saturated rings. The van der Waals surface area contributed by atoms with Crippen LogP contribution in [0.5, 0.6) is 0 Å². The van der Waals surface area contributed by atoms with Gasteiger partial charge in [0.1, 0.15) is 0 Å². The first-order valence-electron chi connectivity index (χ1n) is 9.27.